The van der Waals surface area contributed by atoms with Crippen molar-refractivity contribution in [2.24, 2.45) is 5.92 Å². The molecule has 1 fully saturated rings. The Morgan fingerprint density at radius 1 is 1.47 bits per heavy atom. The van der Waals surface area contributed by atoms with E-state index < -0.39 is 11.2 Å². The first-order valence-corrected chi connectivity index (χ1v) is 7.07. The molecule has 1 saturated heterocycles. The number of nitriles is 1. The molecule has 2 heterocycles. The zero-order chi connectivity index (χ0) is 12.1. The van der Waals surface area contributed by atoms with Crippen LogP contribution in [0.4, 0.5) is 0 Å². The molecule has 0 aliphatic carbocycles. The average molecular weight is 249 g/mol. The molecule has 2 rings (SSSR count). The van der Waals surface area contributed by atoms with Crippen LogP contribution >= 0.6 is 0 Å². The number of nitrogens with zero attached hydrogens (tertiary/aromatic N) is 2. The van der Waals surface area contributed by atoms with Crippen LogP contribution in [-0.4, -0.2) is 28.4 Å². The van der Waals surface area contributed by atoms with Gasteiger partial charge in [-0.2, -0.15) is 5.26 Å². The van der Waals surface area contributed by atoms with E-state index in [1.54, 1.807) is 12.1 Å². The van der Waals surface area contributed by atoms with Gasteiger partial charge in [-0.25, -0.2) is 4.98 Å². The highest BCUT2D eigenvalue weighted by Crippen LogP contribution is 2.18. The van der Waals surface area contributed by atoms with Gasteiger partial charge in [-0.15, -0.1) is 0 Å². The maximum absolute atomic E-state index is 12.1. The molecule has 1 unspecified atom stereocenters. The molecule has 0 aromatic carbocycles. The van der Waals surface area contributed by atoms with Crippen molar-refractivity contribution in [3.05, 3.63) is 23.9 Å². The highest BCUT2D eigenvalue weighted by molar-refractivity contribution is 7.91. The van der Waals surface area contributed by atoms with Crippen LogP contribution in [0.25, 0.3) is 0 Å². The van der Waals surface area contributed by atoms with Crippen molar-refractivity contribution in [1.29, 1.82) is 5.26 Å². The second kappa shape index (κ2) is 6.01. The topological polar surface area (TPSA) is 71.8 Å². The van der Waals surface area contributed by atoms with Crippen molar-refractivity contribution in [3.8, 4) is 6.07 Å². The molecule has 1 aromatic heterocycles. The van der Waals surface area contributed by atoms with Crippen LogP contribution in [-0.2, 0) is 11.2 Å². The third-order valence-electron chi connectivity index (χ3n) is 2.94. The van der Waals surface area contributed by atoms with Crippen molar-refractivity contribution >= 4 is 11.2 Å². The highest BCUT2D eigenvalue weighted by Gasteiger charge is 2.21. The zero-order valence-electron chi connectivity index (χ0n) is 9.56. The number of hydrogen-bond acceptors (Lipinski definition) is 4. The van der Waals surface area contributed by atoms with E-state index in [0.29, 0.717) is 22.3 Å². The van der Waals surface area contributed by atoms with Gasteiger partial charge in [-0.3, -0.25) is 0 Å². The highest BCUT2D eigenvalue weighted by atomic mass is 32.2. The maximum Gasteiger partial charge on any atom is 0.244 e. The van der Waals surface area contributed by atoms with Crippen LogP contribution in [0.3, 0.4) is 0 Å². The monoisotopic (exact) mass is 249 g/mol. The van der Waals surface area contributed by atoms with E-state index in [-0.39, 0.29) is 0 Å². The van der Waals surface area contributed by atoms with E-state index in [9.17, 15) is 4.55 Å². The van der Waals surface area contributed by atoms with E-state index in [1.807, 2.05) is 6.07 Å². The van der Waals surface area contributed by atoms with Gasteiger partial charge in [-0.1, -0.05) is 0 Å². The van der Waals surface area contributed by atoms with Crippen LogP contribution in [0.2, 0.25) is 0 Å². The Morgan fingerprint density at radius 3 is 2.82 bits per heavy atom. The Hall–Kier alpha value is -1.09. The summed E-state index contributed by atoms with van der Waals surface area (Å²) in [6.45, 7) is 2.03. The molecule has 1 N–H and O–H groups in total. The molecule has 1 aliphatic rings. The molecule has 0 amide bonds. The molecule has 0 radical (unpaired) electrons. The van der Waals surface area contributed by atoms with Crippen LogP contribution < -0.4 is 5.32 Å². The van der Waals surface area contributed by atoms with E-state index in [4.69, 9.17) is 5.26 Å². The third-order valence-corrected chi connectivity index (χ3v) is 4.43. The molecule has 0 saturated carbocycles. The lowest BCUT2D eigenvalue weighted by molar-refractivity contribution is 0.401. The Kier molecular flexibility index (Phi) is 4.37. The van der Waals surface area contributed by atoms with Gasteiger partial charge in [-0.05, 0) is 32.0 Å². The van der Waals surface area contributed by atoms with E-state index in [0.717, 1.165) is 25.9 Å². The normalized spacial score (nSPS) is 18.6. The first-order chi connectivity index (χ1) is 8.29. The van der Waals surface area contributed by atoms with Gasteiger partial charge in [0.1, 0.15) is 11.8 Å². The zero-order valence-corrected chi connectivity index (χ0v) is 10.4. The van der Waals surface area contributed by atoms with Crippen molar-refractivity contribution < 1.29 is 4.55 Å². The quantitative estimate of drug-likeness (QED) is 0.813. The SMILES string of the molecule is N#Cc1ccc([S+]([O-])CC2CCNCC2)nc1. The van der Waals surface area contributed by atoms with Crippen molar-refractivity contribution in [2.45, 2.75) is 17.9 Å². The fourth-order valence-electron chi connectivity index (χ4n) is 1.93. The standard InChI is InChI=1S/C12H15N3OS/c13-7-11-1-2-12(15-8-11)17(16)9-10-3-5-14-6-4-10/h1-2,8,10,14H,3-6,9H2. The minimum Gasteiger partial charge on any atom is -0.610 e. The molecule has 1 aromatic rings. The Morgan fingerprint density at radius 2 is 2.24 bits per heavy atom. The Balaban J connectivity index is 1.94. The molecule has 1 atom stereocenters. The first kappa shape index (κ1) is 12.4. The predicted octanol–water partition coefficient (Wildman–Crippen LogP) is 1.06. The number of hydrogen-bond donors (Lipinski definition) is 1. The molecular formula is C12H15N3OS. The minimum absolute atomic E-state index is 0.507. The minimum atomic E-state index is -1.04. The lowest BCUT2D eigenvalue weighted by atomic mass is 10.0. The second-order valence-corrected chi connectivity index (χ2v) is 5.65. The summed E-state index contributed by atoms with van der Waals surface area (Å²) in [5, 5.41) is 12.5. The molecule has 4 nitrogen and oxygen atoms in total. The average Bonchev–Trinajstić information content (AvgIpc) is 2.40. The number of rotatable bonds is 3. The van der Waals surface area contributed by atoms with E-state index in [2.05, 4.69) is 10.3 Å². The summed E-state index contributed by atoms with van der Waals surface area (Å²) in [6.07, 6.45) is 3.65. The number of piperidine rings is 1. The van der Waals surface area contributed by atoms with Crippen LogP contribution in [0.15, 0.2) is 23.4 Å². The molecule has 1 aliphatic heterocycles. The third kappa shape index (κ3) is 3.43. The summed E-state index contributed by atoms with van der Waals surface area (Å²) in [4.78, 5) is 4.08. The summed E-state index contributed by atoms with van der Waals surface area (Å²) in [5.41, 5.74) is 0.507. The summed E-state index contributed by atoms with van der Waals surface area (Å²) < 4.78 is 12.1. The molecule has 0 spiro atoms. The van der Waals surface area contributed by atoms with Gasteiger partial charge in [0.05, 0.1) is 5.56 Å². The van der Waals surface area contributed by atoms with Crippen LogP contribution in [0.5, 0.6) is 0 Å². The summed E-state index contributed by atoms with van der Waals surface area (Å²) >= 11 is -1.04. The first-order valence-electron chi connectivity index (χ1n) is 5.75. The van der Waals surface area contributed by atoms with Gasteiger partial charge >= 0.3 is 0 Å². The Labute approximate surface area is 104 Å². The van der Waals surface area contributed by atoms with Crippen molar-refractivity contribution in [3.63, 3.8) is 0 Å². The van der Waals surface area contributed by atoms with Gasteiger partial charge in [0.25, 0.3) is 0 Å². The predicted molar refractivity (Wildman–Crippen MR) is 65.8 cm³/mol. The lowest BCUT2D eigenvalue weighted by Crippen LogP contribution is -2.31. The smallest absolute Gasteiger partial charge is 0.244 e. The molecule has 5 heteroatoms. The van der Waals surface area contributed by atoms with Crippen molar-refractivity contribution in [2.75, 3.05) is 18.8 Å². The van der Waals surface area contributed by atoms with Crippen LogP contribution in [0.1, 0.15) is 18.4 Å². The summed E-state index contributed by atoms with van der Waals surface area (Å²) in [7, 11) is 0. The van der Waals surface area contributed by atoms with Gasteiger partial charge in [0.15, 0.2) is 0 Å². The second-order valence-electron chi connectivity index (χ2n) is 4.20. The molecule has 90 valence electrons. The van der Waals surface area contributed by atoms with Crippen LogP contribution in [0, 0.1) is 17.2 Å². The van der Waals surface area contributed by atoms with Gasteiger partial charge < -0.3 is 9.87 Å². The van der Waals surface area contributed by atoms with Gasteiger partial charge in [0, 0.05) is 29.4 Å². The molecular weight excluding hydrogens is 234 g/mol. The molecule has 17 heavy (non-hydrogen) atoms. The molecule has 0 bridgehead atoms. The Bertz CT molecular complexity index is 395. The largest absolute Gasteiger partial charge is 0.610 e. The maximum atomic E-state index is 12.1. The summed E-state index contributed by atoms with van der Waals surface area (Å²) in [6, 6.07) is 5.36. The van der Waals surface area contributed by atoms with E-state index >= 15 is 0 Å². The fourth-order valence-corrected chi connectivity index (χ4v) is 3.25. The van der Waals surface area contributed by atoms with Gasteiger partial charge in [0.2, 0.25) is 5.03 Å². The number of nitrogens with one attached hydrogen (secondary N) is 1. The lowest BCUT2D eigenvalue weighted by Gasteiger charge is -2.22. The number of aromatic nitrogens is 1. The fraction of sp³-hybridized carbons (Fsp3) is 0.500. The summed E-state index contributed by atoms with van der Waals surface area (Å²) in [5.74, 6) is 1.20. The number of pyridine rings is 1. The van der Waals surface area contributed by atoms with Crippen molar-refractivity contribution in [1.82, 2.24) is 10.3 Å². The van der Waals surface area contributed by atoms with E-state index in [1.165, 1.54) is 6.20 Å².